The molecule has 0 aliphatic carbocycles. The quantitative estimate of drug-likeness (QED) is 0.830. The monoisotopic (exact) mass is 371 g/mol. The molecule has 1 aliphatic heterocycles. The van der Waals surface area contributed by atoms with Crippen molar-refractivity contribution in [3.05, 3.63) is 22.2 Å². The summed E-state index contributed by atoms with van der Waals surface area (Å²) in [5.41, 5.74) is -0.981. The molecule has 0 radical (unpaired) electrons. The highest BCUT2D eigenvalue weighted by Gasteiger charge is 2.34. The fourth-order valence-corrected chi connectivity index (χ4v) is 2.84. The number of carbonyl (C=O) groups excluding carboxylic acids is 1. The van der Waals surface area contributed by atoms with Gasteiger partial charge in [-0.05, 0) is 41.4 Å². The maximum Gasteiger partial charge on any atom is 0.329 e. The molecule has 6 nitrogen and oxygen atoms in total. The largest absolute Gasteiger partial charge is 0.486 e. The third-order valence-corrected chi connectivity index (χ3v) is 4.06. The smallest absolute Gasteiger partial charge is 0.329 e. The Labute approximate surface area is 136 Å². The molecule has 0 saturated heterocycles. The van der Waals surface area contributed by atoms with Crippen LogP contribution in [-0.4, -0.2) is 35.7 Å². The molecular weight excluding hydrogens is 354 g/mol. The van der Waals surface area contributed by atoms with E-state index in [-0.39, 0.29) is 0 Å². The molecule has 7 heteroatoms. The van der Waals surface area contributed by atoms with Crippen molar-refractivity contribution in [2.75, 3.05) is 13.2 Å². The van der Waals surface area contributed by atoms with Crippen molar-refractivity contribution in [3.63, 3.8) is 0 Å². The number of amides is 1. The second kappa shape index (κ2) is 6.56. The molecule has 1 aromatic rings. The number of carboxylic acids is 1. The zero-order valence-electron chi connectivity index (χ0n) is 12.4. The molecule has 0 bridgehead atoms. The van der Waals surface area contributed by atoms with Crippen molar-refractivity contribution in [1.29, 1.82) is 0 Å². The minimum atomic E-state index is -1.30. The lowest BCUT2D eigenvalue weighted by molar-refractivity contribution is -0.144. The maximum absolute atomic E-state index is 12.4. The second-order valence-electron chi connectivity index (χ2n) is 5.32. The van der Waals surface area contributed by atoms with Gasteiger partial charge in [0, 0.05) is 5.56 Å². The highest BCUT2D eigenvalue weighted by Crippen LogP contribution is 2.38. The molecule has 120 valence electrons. The summed E-state index contributed by atoms with van der Waals surface area (Å²) in [5, 5.41) is 11.9. The predicted octanol–water partition coefficient (Wildman–Crippen LogP) is 2.59. The highest BCUT2D eigenvalue weighted by molar-refractivity contribution is 9.10. The first kappa shape index (κ1) is 16.6. The summed E-state index contributed by atoms with van der Waals surface area (Å²) in [6, 6.07) is 3.15. The lowest BCUT2D eigenvalue weighted by atomic mass is 9.95. The molecule has 0 saturated carbocycles. The molecular formula is C15H18BrNO5. The number of carboxylic acid groups (broad SMARTS) is 1. The van der Waals surface area contributed by atoms with E-state index in [1.54, 1.807) is 12.1 Å². The molecule has 2 rings (SSSR count). The molecule has 0 aromatic heterocycles. The van der Waals surface area contributed by atoms with Gasteiger partial charge in [0.2, 0.25) is 0 Å². The van der Waals surface area contributed by atoms with Gasteiger partial charge >= 0.3 is 5.97 Å². The fraction of sp³-hybridized carbons (Fsp3) is 0.467. The number of hydrogen-bond donors (Lipinski definition) is 2. The fourth-order valence-electron chi connectivity index (χ4n) is 2.29. The molecule has 1 amide bonds. The van der Waals surface area contributed by atoms with Crippen LogP contribution in [0.3, 0.4) is 0 Å². The van der Waals surface area contributed by atoms with E-state index in [1.807, 2.05) is 6.92 Å². The van der Waals surface area contributed by atoms with Crippen molar-refractivity contribution in [2.24, 2.45) is 0 Å². The number of carbonyl (C=O) groups is 2. The summed E-state index contributed by atoms with van der Waals surface area (Å²) in [6.07, 6.45) is 0.994. The van der Waals surface area contributed by atoms with Crippen LogP contribution in [0.5, 0.6) is 11.5 Å². The van der Waals surface area contributed by atoms with Gasteiger partial charge in [-0.25, -0.2) is 4.79 Å². The van der Waals surface area contributed by atoms with Crippen molar-refractivity contribution in [1.82, 2.24) is 5.32 Å². The van der Waals surface area contributed by atoms with Crippen LogP contribution in [0.25, 0.3) is 0 Å². The SMILES string of the molecule is CCCC(C)(NC(=O)c1cc(Br)c2c(c1)OCCO2)C(=O)O. The van der Waals surface area contributed by atoms with Gasteiger partial charge in [0.25, 0.3) is 5.91 Å². The van der Waals surface area contributed by atoms with Gasteiger partial charge in [0.05, 0.1) is 4.47 Å². The topological polar surface area (TPSA) is 84.9 Å². The molecule has 1 aliphatic rings. The normalized spacial score (nSPS) is 15.8. The molecule has 2 N–H and O–H groups in total. The Morgan fingerprint density at radius 3 is 2.68 bits per heavy atom. The summed E-state index contributed by atoms with van der Waals surface area (Å²) >= 11 is 3.34. The molecule has 1 atom stereocenters. The lowest BCUT2D eigenvalue weighted by Crippen LogP contribution is -2.52. The average Bonchev–Trinajstić information content (AvgIpc) is 2.47. The van der Waals surface area contributed by atoms with Gasteiger partial charge in [-0.15, -0.1) is 0 Å². The number of rotatable bonds is 5. The number of nitrogens with one attached hydrogen (secondary N) is 1. The maximum atomic E-state index is 12.4. The van der Waals surface area contributed by atoms with Crippen LogP contribution < -0.4 is 14.8 Å². The van der Waals surface area contributed by atoms with Crippen molar-refractivity contribution in [3.8, 4) is 11.5 Å². The van der Waals surface area contributed by atoms with E-state index in [0.717, 1.165) is 0 Å². The number of benzene rings is 1. The van der Waals surface area contributed by atoms with Gasteiger partial charge in [-0.3, -0.25) is 4.79 Å². The highest BCUT2D eigenvalue weighted by atomic mass is 79.9. The summed E-state index contributed by atoms with van der Waals surface area (Å²) in [6.45, 7) is 4.23. The zero-order chi connectivity index (χ0) is 16.3. The Kier molecular flexibility index (Phi) is 4.95. The van der Waals surface area contributed by atoms with E-state index in [0.29, 0.717) is 47.6 Å². The van der Waals surface area contributed by atoms with Gasteiger partial charge in [0.15, 0.2) is 11.5 Å². The van der Waals surface area contributed by atoms with E-state index in [1.165, 1.54) is 6.92 Å². The molecule has 0 spiro atoms. The van der Waals surface area contributed by atoms with Crippen LogP contribution >= 0.6 is 15.9 Å². The summed E-state index contributed by atoms with van der Waals surface area (Å²) < 4.78 is 11.5. The summed E-state index contributed by atoms with van der Waals surface area (Å²) in [5.74, 6) is -0.494. The first-order valence-electron chi connectivity index (χ1n) is 7.02. The van der Waals surface area contributed by atoms with Crippen LogP contribution in [0, 0.1) is 0 Å². The van der Waals surface area contributed by atoms with Crippen LogP contribution in [-0.2, 0) is 4.79 Å². The Hall–Kier alpha value is -1.76. The van der Waals surface area contributed by atoms with Gasteiger partial charge < -0.3 is 19.9 Å². The Bertz CT molecular complexity index is 604. The van der Waals surface area contributed by atoms with E-state index < -0.39 is 17.4 Å². The minimum Gasteiger partial charge on any atom is -0.486 e. The van der Waals surface area contributed by atoms with Crippen molar-refractivity contribution < 1.29 is 24.2 Å². The average molecular weight is 372 g/mol. The number of fused-ring (bicyclic) bond motifs is 1. The number of ether oxygens (including phenoxy) is 2. The zero-order valence-corrected chi connectivity index (χ0v) is 14.0. The summed E-state index contributed by atoms with van der Waals surface area (Å²) in [7, 11) is 0. The molecule has 22 heavy (non-hydrogen) atoms. The second-order valence-corrected chi connectivity index (χ2v) is 6.18. The predicted molar refractivity (Wildman–Crippen MR) is 83.5 cm³/mol. The standard InChI is InChI=1S/C15H18BrNO5/c1-3-4-15(2,14(19)20)17-13(18)9-7-10(16)12-11(8-9)21-5-6-22-12/h7-8H,3-6H2,1-2H3,(H,17,18)(H,19,20). The molecule has 1 heterocycles. The number of aliphatic carboxylic acids is 1. The molecule has 1 aromatic carbocycles. The Morgan fingerprint density at radius 1 is 1.36 bits per heavy atom. The van der Waals surface area contributed by atoms with Gasteiger partial charge in [0.1, 0.15) is 18.8 Å². The van der Waals surface area contributed by atoms with Gasteiger partial charge in [-0.1, -0.05) is 13.3 Å². The first-order valence-corrected chi connectivity index (χ1v) is 7.81. The van der Waals surface area contributed by atoms with Crippen LogP contribution in [0.1, 0.15) is 37.0 Å². The van der Waals surface area contributed by atoms with Gasteiger partial charge in [-0.2, -0.15) is 0 Å². The van der Waals surface area contributed by atoms with Crippen LogP contribution in [0.15, 0.2) is 16.6 Å². The summed E-state index contributed by atoms with van der Waals surface area (Å²) in [4.78, 5) is 23.8. The third-order valence-electron chi connectivity index (χ3n) is 3.47. The third kappa shape index (κ3) is 3.35. The first-order chi connectivity index (χ1) is 10.4. The minimum absolute atomic E-state index is 0.319. The van der Waals surface area contributed by atoms with Crippen molar-refractivity contribution >= 4 is 27.8 Å². The van der Waals surface area contributed by atoms with Crippen LogP contribution in [0.4, 0.5) is 0 Å². The number of hydrogen-bond acceptors (Lipinski definition) is 4. The van der Waals surface area contributed by atoms with Crippen molar-refractivity contribution in [2.45, 2.75) is 32.2 Å². The van der Waals surface area contributed by atoms with E-state index >= 15 is 0 Å². The number of halogens is 1. The van der Waals surface area contributed by atoms with E-state index in [2.05, 4.69) is 21.2 Å². The Morgan fingerprint density at radius 2 is 2.05 bits per heavy atom. The lowest BCUT2D eigenvalue weighted by Gasteiger charge is -2.26. The van der Waals surface area contributed by atoms with E-state index in [9.17, 15) is 14.7 Å². The van der Waals surface area contributed by atoms with Crippen LogP contribution in [0.2, 0.25) is 0 Å². The molecule has 1 unspecified atom stereocenters. The van der Waals surface area contributed by atoms with E-state index in [4.69, 9.17) is 9.47 Å². The Balaban J connectivity index is 2.26. The molecule has 0 fully saturated rings.